The number of halogens is 1. The molecule has 1 aromatic heterocycles. The maximum atomic E-state index is 5.92. The fourth-order valence-electron chi connectivity index (χ4n) is 1.16. The molecular formula is C9H14ClN3S. The SMILES string of the molecule is C=C(C)CN(CC)Cc1nnsc1Cl. The highest BCUT2D eigenvalue weighted by Gasteiger charge is 2.10. The molecule has 0 aliphatic heterocycles. The van der Waals surface area contributed by atoms with E-state index in [4.69, 9.17) is 11.6 Å². The molecule has 1 rings (SSSR count). The molecule has 0 aromatic carbocycles. The fraction of sp³-hybridized carbons (Fsp3) is 0.556. The maximum absolute atomic E-state index is 5.92. The Morgan fingerprint density at radius 3 is 2.79 bits per heavy atom. The third-order valence-corrected chi connectivity index (χ3v) is 2.81. The van der Waals surface area contributed by atoms with E-state index in [0.717, 1.165) is 30.9 Å². The van der Waals surface area contributed by atoms with Crippen LogP contribution in [0.2, 0.25) is 4.34 Å². The van der Waals surface area contributed by atoms with Crippen LogP contribution in [0, 0.1) is 0 Å². The van der Waals surface area contributed by atoms with Crippen molar-refractivity contribution in [3.05, 3.63) is 22.2 Å². The Labute approximate surface area is 93.5 Å². The summed E-state index contributed by atoms with van der Waals surface area (Å²) < 4.78 is 4.48. The van der Waals surface area contributed by atoms with Gasteiger partial charge in [0, 0.05) is 24.6 Å². The summed E-state index contributed by atoms with van der Waals surface area (Å²) in [4.78, 5) is 2.23. The van der Waals surface area contributed by atoms with Gasteiger partial charge in [-0.05, 0) is 13.5 Å². The molecule has 0 atom stereocenters. The van der Waals surface area contributed by atoms with E-state index in [2.05, 4.69) is 28.0 Å². The van der Waals surface area contributed by atoms with Crippen molar-refractivity contribution in [2.45, 2.75) is 20.4 Å². The molecule has 1 aromatic rings. The van der Waals surface area contributed by atoms with Gasteiger partial charge in [-0.15, -0.1) is 5.10 Å². The Balaban J connectivity index is 2.57. The van der Waals surface area contributed by atoms with Gasteiger partial charge in [0.05, 0.1) is 0 Å². The van der Waals surface area contributed by atoms with Crippen LogP contribution >= 0.6 is 23.1 Å². The number of rotatable bonds is 5. The zero-order valence-electron chi connectivity index (χ0n) is 8.46. The quantitative estimate of drug-likeness (QED) is 0.730. The van der Waals surface area contributed by atoms with Gasteiger partial charge in [-0.3, -0.25) is 4.90 Å². The van der Waals surface area contributed by atoms with Crippen molar-refractivity contribution in [2.75, 3.05) is 13.1 Å². The molecule has 0 aliphatic rings. The van der Waals surface area contributed by atoms with Gasteiger partial charge in [-0.1, -0.05) is 35.2 Å². The van der Waals surface area contributed by atoms with Crippen LogP contribution in [0.15, 0.2) is 12.2 Å². The average molecular weight is 232 g/mol. The summed E-state index contributed by atoms with van der Waals surface area (Å²) in [7, 11) is 0. The Morgan fingerprint density at radius 1 is 1.64 bits per heavy atom. The molecule has 0 saturated heterocycles. The van der Waals surface area contributed by atoms with E-state index in [9.17, 15) is 0 Å². The lowest BCUT2D eigenvalue weighted by molar-refractivity contribution is 0.301. The first-order valence-corrected chi connectivity index (χ1v) is 5.62. The van der Waals surface area contributed by atoms with Crippen LogP contribution in [0.3, 0.4) is 0 Å². The summed E-state index contributed by atoms with van der Waals surface area (Å²) in [6.45, 7) is 10.6. The Kier molecular flexibility index (Phi) is 4.51. The van der Waals surface area contributed by atoms with Gasteiger partial charge in [0.15, 0.2) is 0 Å². The minimum absolute atomic E-state index is 0.685. The van der Waals surface area contributed by atoms with Gasteiger partial charge in [0.2, 0.25) is 0 Å². The molecule has 3 nitrogen and oxygen atoms in total. The second-order valence-electron chi connectivity index (χ2n) is 3.25. The van der Waals surface area contributed by atoms with Crippen LogP contribution in [0.5, 0.6) is 0 Å². The van der Waals surface area contributed by atoms with Crippen LogP contribution in [-0.2, 0) is 6.54 Å². The van der Waals surface area contributed by atoms with Crippen molar-refractivity contribution >= 4 is 23.1 Å². The van der Waals surface area contributed by atoms with Crippen molar-refractivity contribution < 1.29 is 0 Å². The standard InChI is InChI=1S/C9H14ClN3S/c1-4-13(5-7(2)3)6-8-9(10)14-12-11-8/h2,4-6H2,1,3H3. The molecule has 0 saturated carbocycles. The number of aromatic nitrogens is 2. The molecule has 0 bridgehead atoms. The smallest absolute Gasteiger partial charge is 0.138 e. The predicted octanol–water partition coefficient (Wildman–Crippen LogP) is 2.59. The van der Waals surface area contributed by atoms with Gasteiger partial charge >= 0.3 is 0 Å². The van der Waals surface area contributed by atoms with E-state index in [-0.39, 0.29) is 0 Å². The molecule has 0 fully saturated rings. The third kappa shape index (κ3) is 3.36. The maximum Gasteiger partial charge on any atom is 0.138 e. The molecule has 78 valence electrons. The van der Waals surface area contributed by atoms with Crippen molar-refractivity contribution in [1.82, 2.24) is 14.5 Å². The second kappa shape index (κ2) is 5.44. The van der Waals surface area contributed by atoms with Crippen molar-refractivity contribution in [1.29, 1.82) is 0 Å². The van der Waals surface area contributed by atoms with Gasteiger partial charge in [0.25, 0.3) is 0 Å². The average Bonchev–Trinajstić information content (AvgIpc) is 2.50. The molecule has 0 unspecified atom stereocenters. The molecule has 0 amide bonds. The molecule has 5 heteroatoms. The van der Waals surface area contributed by atoms with Crippen LogP contribution in [-0.4, -0.2) is 27.6 Å². The number of likely N-dealkylation sites (N-methyl/N-ethyl adjacent to an activating group) is 1. The minimum atomic E-state index is 0.685. The zero-order valence-corrected chi connectivity index (χ0v) is 10.0. The van der Waals surface area contributed by atoms with Gasteiger partial charge in [-0.25, -0.2) is 0 Å². The summed E-state index contributed by atoms with van der Waals surface area (Å²) in [6.07, 6.45) is 0. The predicted molar refractivity (Wildman–Crippen MR) is 60.7 cm³/mol. The van der Waals surface area contributed by atoms with Crippen LogP contribution in [0.4, 0.5) is 0 Å². The first-order chi connectivity index (χ1) is 6.63. The zero-order chi connectivity index (χ0) is 10.6. The summed E-state index contributed by atoms with van der Waals surface area (Å²) in [6, 6.07) is 0. The molecule has 0 N–H and O–H groups in total. The normalized spacial score (nSPS) is 10.9. The van der Waals surface area contributed by atoms with E-state index in [0.29, 0.717) is 4.34 Å². The fourth-order valence-corrected chi connectivity index (χ4v) is 1.78. The largest absolute Gasteiger partial charge is 0.294 e. The summed E-state index contributed by atoms with van der Waals surface area (Å²) in [5.41, 5.74) is 2.01. The van der Waals surface area contributed by atoms with Gasteiger partial charge in [-0.2, -0.15) is 0 Å². The van der Waals surface area contributed by atoms with Crippen molar-refractivity contribution in [2.24, 2.45) is 0 Å². The van der Waals surface area contributed by atoms with Crippen molar-refractivity contribution in [3.63, 3.8) is 0 Å². The summed E-state index contributed by atoms with van der Waals surface area (Å²) >= 11 is 7.15. The topological polar surface area (TPSA) is 29.0 Å². The molecule has 0 radical (unpaired) electrons. The van der Waals surface area contributed by atoms with Crippen molar-refractivity contribution in [3.8, 4) is 0 Å². The first-order valence-electron chi connectivity index (χ1n) is 4.47. The number of hydrogen-bond donors (Lipinski definition) is 0. The lowest BCUT2D eigenvalue weighted by Crippen LogP contribution is -2.24. The molecular weight excluding hydrogens is 218 g/mol. The van der Waals surface area contributed by atoms with E-state index in [1.807, 2.05) is 6.92 Å². The highest BCUT2D eigenvalue weighted by molar-refractivity contribution is 7.10. The van der Waals surface area contributed by atoms with E-state index in [1.54, 1.807) is 0 Å². The Morgan fingerprint density at radius 2 is 2.36 bits per heavy atom. The minimum Gasteiger partial charge on any atom is -0.294 e. The van der Waals surface area contributed by atoms with Crippen LogP contribution in [0.25, 0.3) is 0 Å². The first kappa shape index (κ1) is 11.6. The summed E-state index contributed by atoms with van der Waals surface area (Å²) in [5.74, 6) is 0. The summed E-state index contributed by atoms with van der Waals surface area (Å²) in [5, 5.41) is 3.98. The second-order valence-corrected chi connectivity index (χ2v) is 4.61. The lowest BCUT2D eigenvalue weighted by Gasteiger charge is -2.18. The number of hydrogen-bond acceptors (Lipinski definition) is 4. The number of nitrogens with zero attached hydrogens (tertiary/aromatic N) is 3. The third-order valence-electron chi connectivity index (χ3n) is 1.82. The Hall–Kier alpha value is -0.450. The van der Waals surface area contributed by atoms with Crippen LogP contribution < -0.4 is 0 Å². The molecule has 14 heavy (non-hydrogen) atoms. The molecule has 1 heterocycles. The molecule has 0 aliphatic carbocycles. The monoisotopic (exact) mass is 231 g/mol. The Bertz CT molecular complexity index is 311. The lowest BCUT2D eigenvalue weighted by atomic mass is 10.3. The molecule has 0 spiro atoms. The van der Waals surface area contributed by atoms with Gasteiger partial charge < -0.3 is 0 Å². The van der Waals surface area contributed by atoms with Crippen LogP contribution in [0.1, 0.15) is 19.5 Å². The highest BCUT2D eigenvalue weighted by Crippen LogP contribution is 2.18. The van der Waals surface area contributed by atoms with E-state index >= 15 is 0 Å². The highest BCUT2D eigenvalue weighted by atomic mass is 35.5. The van der Waals surface area contributed by atoms with E-state index < -0.39 is 0 Å². The van der Waals surface area contributed by atoms with E-state index in [1.165, 1.54) is 11.5 Å². The van der Waals surface area contributed by atoms with Gasteiger partial charge in [0.1, 0.15) is 10.0 Å².